The SMILES string of the molecule is CSc1nc(Cl)c(C(N)=O)c(Nc2cc(S(=O)(=O)N3CCCCC3)ccc2F)n1. The van der Waals surface area contributed by atoms with Gasteiger partial charge in [0.1, 0.15) is 22.4 Å². The van der Waals surface area contributed by atoms with E-state index in [9.17, 15) is 17.6 Å². The minimum Gasteiger partial charge on any atom is -0.365 e. The monoisotopic (exact) mass is 459 g/mol. The summed E-state index contributed by atoms with van der Waals surface area (Å²) >= 11 is 7.18. The van der Waals surface area contributed by atoms with Gasteiger partial charge in [-0.2, -0.15) is 4.31 Å². The Morgan fingerprint density at radius 3 is 2.59 bits per heavy atom. The first-order chi connectivity index (χ1) is 13.7. The van der Waals surface area contributed by atoms with Crippen LogP contribution in [0.4, 0.5) is 15.9 Å². The Balaban J connectivity index is 2.02. The van der Waals surface area contributed by atoms with Gasteiger partial charge in [0.05, 0.1) is 10.6 Å². The minimum absolute atomic E-state index is 0.0610. The van der Waals surface area contributed by atoms with Gasteiger partial charge in [0, 0.05) is 13.1 Å². The number of hydrogen-bond acceptors (Lipinski definition) is 7. The third-order valence-electron chi connectivity index (χ3n) is 4.42. The van der Waals surface area contributed by atoms with Gasteiger partial charge in [0.15, 0.2) is 5.16 Å². The highest BCUT2D eigenvalue weighted by atomic mass is 35.5. The van der Waals surface area contributed by atoms with Crippen molar-refractivity contribution in [2.75, 3.05) is 24.7 Å². The van der Waals surface area contributed by atoms with Crippen molar-refractivity contribution in [2.45, 2.75) is 29.3 Å². The van der Waals surface area contributed by atoms with Crippen LogP contribution in [0.25, 0.3) is 0 Å². The number of halogens is 2. The lowest BCUT2D eigenvalue weighted by atomic mass is 10.2. The zero-order chi connectivity index (χ0) is 21.2. The van der Waals surface area contributed by atoms with Crippen molar-refractivity contribution in [1.82, 2.24) is 14.3 Å². The van der Waals surface area contributed by atoms with E-state index in [0.717, 1.165) is 37.1 Å². The number of rotatable bonds is 6. The molecule has 0 radical (unpaired) electrons. The van der Waals surface area contributed by atoms with Crippen LogP contribution in [-0.2, 0) is 10.0 Å². The topological polar surface area (TPSA) is 118 Å². The molecule has 1 fully saturated rings. The number of nitrogens with two attached hydrogens (primary N) is 1. The van der Waals surface area contributed by atoms with Gasteiger partial charge in [-0.05, 0) is 37.3 Å². The number of primary amides is 1. The summed E-state index contributed by atoms with van der Waals surface area (Å²) in [7, 11) is -3.77. The molecule has 29 heavy (non-hydrogen) atoms. The third kappa shape index (κ3) is 4.63. The normalized spacial score (nSPS) is 15.3. The summed E-state index contributed by atoms with van der Waals surface area (Å²) in [5.41, 5.74) is 4.96. The predicted molar refractivity (Wildman–Crippen MR) is 110 cm³/mol. The number of nitrogens with zero attached hydrogens (tertiary/aromatic N) is 3. The van der Waals surface area contributed by atoms with E-state index >= 15 is 0 Å². The van der Waals surface area contributed by atoms with E-state index in [1.165, 1.54) is 16.4 Å². The first-order valence-corrected chi connectivity index (χ1v) is 11.8. The van der Waals surface area contributed by atoms with Gasteiger partial charge >= 0.3 is 0 Å². The van der Waals surface area contributed by atoms with Crippen LogP contribution in [0.1, 0.15) is 29.6 Å². The molecule has 1 aromatic carbocycles. The van der Waals surface area contributed by atoms with Crippen LogP contribution in [-0.4, -0.2) is 47.9 Å². The Kier molecular flexibility index (Phi) is 6.62. The summed E-state index contributed by atoms with van der Waals surface area (Å²) in [6.07, 6.45) is 4.24. The molecule has 156 valence electrons. The summed E-state index contributed by atoms with van der Waals surface area (Å²) in [6.45, 7) is 0.847. The first kappa shape index (κ1) is 21.8. The second kappa shape index (κ2) is 8.82. The third-order valence-corrected chi connectivity index (χ3v) is 7.13. The molecule has 8 nitrogen and oxygen atoms in total. The zero-order valence-corrected chi connectivity index (χ0v) is 17.9. The smallest absolute Gasteiger partial charge is 0.255 e. The van der Waals surface area contributed by atoms with Gasteiger partial charge in [-0.15, -0.1) is 0 Å². The number of piperidine rings is 1. The maximum Gasteiger partial charge on any atom is 0.255 e. The van der Waals surface area contributed by atoms with Gasteiger partial charge in [-0.25, -0.2) is 22.8 Å². The maximum atomic E-state index is 14.4. The molecule has 0 saturated carbocycles. The fraction of sp³-hybridized carbons (Fsp3) is 0.353. The molecule has 2 heterocycles. The number of thioether (sulfide) groups is 1. The van der Waals surface area contributed by atoms with Crippen LogP contribution in [0, 0.1) is 5.82 Å². The Bertz CT molecular complexity index is 1050. The van der Waals surface area contributed by atoms with E-state index in [4.69, 9.17) is 17.3 Å². The van der Waals surface area contributed by atoms with E-state index in [2.05, 4.69) is 15.3 Å². The van der Waals surface area contributed by atoms with Gasteiger partial charge in [-0.3, -0.25) is 4.79 Å². The van der Waals surface area contributed by atoms with Crippen LogP contribution >= 0.6 is 23.4 Å². The largest absolute Gasteiger partial charge is 0.365 e. The highest BCUT2D eigenvalue weighted by molar-refractivity contribution is 7.98. The van der Waals surface area contributed by atoms with Crippen molar-refractivity contribution in [3.05, 3.63) is 34.7 Å². The molecule has 1 aliphatic rings. The fourth-order valence-corrected chi connectivity index (χ4v) is 5.18. The predicted octanol–water partition coefficient (Wildman–Crippen LogP) is 3.01. The molecule has 0 bridgehead atoms. The number of carbonyl (C=O) groups is 1. The van der Waals surface area contributed by atoms with Crippen LogP contribution in [0.3, 0.4) is 0 Å². The van der Waals surface area contributed by atoms with Crippen molar-refractivity contribution < 1.29 is 17.6 Å². The molecular formula is C17H19ClFN5O3S2. The summed E-state index contributed by atoms with van der Waals surface area (Å²) in [4.78, 5) is 19.8. The summed E-state index contributed by atoms with van der Waals surface area (Å²) < 4.78 is 41.6. The van der Waals surface area contributed by atoms with E-state index in [1.807, 2.05) is 0 Å². The number of anilines is 2. The summed E-state index contributed by atoms with van der Waals surface area (Å²) in [5, 5.41) is 2.70. The molecule has 0 unspecified atom stereocenters. The number of carbonyl (C=O) groups excluding carboxylic acids is 1. The van der Waals surface area contributed by atoms with E-state index in [0.29, 0.717) is 13.1 Å². The Labute approximate surface area is 177 Å². The fourth-order valence-electron chi connectivity index (χ4n) is 2.96. The molecule has 3 N–H and O–H groups in total. The van der Waals surface area contributed by atoms with Crippen molar-refractivity contribution >= 4 is 50.8 Å². The minimum atomic E-state index is -3.77. The molecule has 12 heteroatoms. The number of benzene rings is 1. The highest BCUT2D eigenvalue weighted by Gasteiger charge is 2.27. The average Bonchev–Trinajstić information content (AvgIpc) is 2.69. The van der Waals surface area contributed by atoms with E-state index in [1.54, 1.807) is 6.26 Å². The Morgan fingerprint density at radius 2 is 1.97 bits per heavy atom. The Hall–Kier alpha value is -1.95. The van der Waals surface area contributed by atoms with Crippen LogP contribution in [0.5, 0.6) is 0 Å². The second-order valence-corrected chi connectivity index (χ2v) is 9.39. The lowest BCUT2D eigenvalue weighted by Crippen LogP contribution is -2.35. The molecule has 2 aromatic rings. The second-order valence-electron chi connectivity index (χ2n) is 6.32. The molecule has 0 atom stereocenters. The number of amides is 1. The first-order valence-electron chi connectivity index (χ1n) is 8.72. The Morgan fingerprint density at radius 1 is 1.28 bits per heavy atom. The molecule has 1 aliphatic heterocycles. The van der Waals surface area contributed by atoms with Gasteiger partial charge in [0.25, 0.3) is 5.91 Å². The molecule has 0 spiro atoms. The van der Waals surface area contributed by atoms with Gasteiger partial charge in [0.2, 0.25) is 10.0 Å². The zero-order valence-electron chi connectivity index (χ0n) is 15.5. The van der Waals surface area contributed by atoms with Crippen molar-refractivity contribution in [3.8, 4) is 0 Å². The number of nitrogens with one attached hydrogen (secondary N) is 1. The molecule has 0 aliphatic carbocycles. The molecular weight excluding hydrogens is 441 g/mol. The van der Waals surface area contributed by atoms with Crippen molar-refractivity contribution in [3.63, 3.8) is 0 Å². The lowest BCUT2D eigenvalue weighted by Gasteiger charge is -2.26. The summed E-state index contributed by atoms with van der Waals surface area (Å²) in [6, 6.07) is 3.42. The van der Waals surface area contributed by atoms with Crippen LogP contribution in [0.2, 0.25) is 5.15 Å². The molecule has 1 amide bonds. The van der Waals surface area contributed by atoms with Gasteiger partial charge < -0.3 is 11.1 Å². The summed E-state index contributed by atoms with van der Waals surface area (Å²) in [5.74, 6) is -1.73. The highest BCUT2D eigenvalue weighted by Crippen LogP contribution is 2.30. The number of aromatic nitrogens is 2. The molecule has 1 aromatic heterocycles. The lowest BCUT2D eigenvalue weighted by molar-refractivity contribution is 0.100. The molecule has 1 saturated heterocycles. The maximum absolute atomic E-state index is 14.4. The standard InChI is InChI=1S/C17H19ClFN5O3S2/c1-28-17-22-14(18)13(15(20)25)16(23-17)21-12-9-10(5-6-11(12)19)29(26,27)24-7-3-2-4-8-24/h5-6,9H,2-4,7-8H2,1H3,(H2,20,25)(H,21,22,23). The molecule has 3 rings (SSSR count). The van der Waals surface area contributed by atoms with E-state index in [-0.39, 0.29) is 32.3 Å². The number of sulfonamides is 1. The number of hydrogen-bond donors (Lipinski definition) is 2. The van der Waals surface area contributed by atoms with Gasteiger partial charge in [-0.1, -0.05) is 29.8 Å². The van der Waals surface area contributed by atoms with Crippen LogP contribution < -0.4 is 11.1 Å². The van der Waals surface area contributed by atoms with Crippen molar-refractivity contribution in [1.29, 1.82) is 0 Å². The van der Waals surface area contributed by atoms with E-state index < -0.39 is 21.7 Å². The van der Waals surface area contributed by atoms with Crippen molar-refractivity contribution in [2.24, 2.45) is 5.73 Å². The van der Waals surface area contributed by atoms with Crippen LogP contribution in [0.15, 0.2) is 28.3 Å². The average molecular weight is 460 g/mol. The quantitative estimate of drug-likeness (QED) is 0.387.